The minimum absolute atomic E-state index is 0.0508. The molecular formula is C22H22N2O3S. The Balaban J connectivity index is 1.38. The smallest absolute Gasteiger partial charge is 0.228 e. The van der Waals surface area contributed by atoms with Gasteiger partial charge in [0.15, 0.2) is 17.6 Å². The largest absolute Gasteiger partial charge is 0.486 e. The van der Waals surface area contributed by atoms with Gasteiger partial charge < -0.3 is 14.4 Å². The Morgan fingerprint density at radius 3 is 2.68 bits per heavy atom. The van der Waals surface area contributed by atoms with E-state index in [1.165, 1.54) is 0 Å². The molecule has 0 radical (unpaired) electrons. The molecular weight excluding hydrogens is 372 g/mol. The van der Waals surface area contributed by atoms with Crippen LogP contribution >= 0.6 is 11.3 Å². The quantitative estimate of drug-likeness (QED) is 0.633. The molecule has 1 unspecified atom stereocenters. The number of benzene rings is 2. The number of carbonyl (C=O) groups is 1. The summed E-state index contributed by atoms with van der Waals surface area (Å²) in [5, 5.41) is 2.90. The molecule has 1 aliphatic heterocycles. The number of nitrogens with zero attached hydrogens (tertiary/aromatic N) is 2. The number of hydrogen-bond acceptors (Lipinski definition) is 5. The maximum Gasteiger partial charge on any atom is 0.228 e. The first kappa shape index (κ1) is 18.5. The number of fused-ring (bicyclic) bond motifs is 1. The van der Waals surface area contributed by atoms with Crippen LogP contribution in [0.4, 0.5) is 0 Å². The summed E-state index contributed by atoms with van der Waals surface area (Å²) in [6.45, 7) is 3.54. The van der Waals surface area contributed by atoms with Crippen LogP contribution in [-0.2, 0) is 11.2 Å². The molecule has 0 saturated carbocycles. The zero-order valence-electron chi connectivity index (χ0n) is 15.7. The van der Waals surface area contributed by atoms with Crippen molar-refractivity contribution in [3.8, 4) is 22.1 Å². The van der Waals surface area contributed by atoms with E-state index >= 15 is 0 Å². The van der Waals surface area contributed by atoms with Crippen molar-refractivity contribution in [2.75, 3.05) is 19.7 Å². The molecule has 144 valence electrons. The number of para-hydroxylation sites is 2. The summed E-state index contributed by atoms with van der Waals surface area (Å²) in [6.07, 6.45) is 0.121. The average Bonchev–Trinajstić information content (AvgIpc) is 3.21. The van der Waals surface area contributed by atoms with Crippen LogP contribution in [0.3, 0.4) is 0 Å². The van der Waals surface area contributed by atoms with Crippen molar-refractivity contribution < 1.29 is 14.3 Å². The summed E-state index contributed by atoms with van der Waals surface area (Å²) >= 11 is 1.57. The van der Waals surface area contributed by atoms with Gasteiger partial charge in [0.2, 0.25) is 5.91 Å². The summed E-state index contributed by atoms with van der Waals surface area (Å²) in [5.74, 6) is 1.54. The third-order valence-corrected chi connectivity index (χ3v) is 5.57. The molecule has 2 aromatic carbocycles. The molecule has 1 amide bonds. The highest BCUT2D eigenvalue weighted by atomic mass is 32.1. The van der Waals surface area contributed by atoms with Crippen LogP contribution in [0, 0.1) is 0 Å². The summed E-state index contributed by atoms with van der Waals surface area (Å²) in [4.78, 5) is 19.2. The second kappa shape index (κ2) is 8.44. The van der Waals surface area contributed by atoms with Gasteiger partial charge in [0.25, 0.3) is 0 Å². The number of carbonyl (C=O) groups excluding carboxylic acids is 1. The zero-order chi connectivity index (χ0) is 19.3. The summed E-state index contributed by atoms with van der Waals surface area (Å²) in [7, 11) is 0. The average molecular weight is 394 g/mol. The molecule has 5 nitrogen and oxygen atoms in total. The summed E-state index contributed by atoms with van der Waals surface area (Å²) in [6, 6.07) is 17.6. The molecule has 0 fully saturated rings. The Hall–Kier alpha value is -2.86. The van der Waals surface area contributed by atoms with Gasteiger partial charge in [0.05, 0.1) is 18.7 Å². The van der Waals surface area contributed by atoms with Crippen molar-refractivity contribution >= 4 is 17.2 Å². The first-order valence-corrected chi connectivity index (χ1v) is 10.3. The number of aromatic nitrogens is 1. The van der Waals surface area contributed by atoms with Crippen LogP contribution < -0.4 is 9.47 Å². The van der Waals surface area contributed by atoms with Crippen molar-refractivity contribution in [3.05, 3.63) is 65.7 Å². The number of hydrogen-bond donors (Lipinski definition) is 0. The van der Waals surface area contributed by atoms with Crippen LogP contribution in [0.15, 0.2) is 60.0 Å². The molecule has 0 bridgehead atoms. The summed E-state index contributed by atoms with van der Waals surface area (Å²) in [5.41, 5.74) is 1.88. The fourth-order valence-electron chi connectivity index (χ4n) is 3.17. The van der Waals surface area contributed by atoms with E-state index in [0.29, 0.717) is 26.1 Å². The monoisotopic (exact) mass is 394 g/mol. The molecule has 2 heterocycles. The van der Waals surface area contributed by atoms with Crippen LogP contribution in [0.2, 0.25) is 0 Å². The lowest BCUT2D eigenvalue weighted by Gasteiger charge is -2.30. The molecule has 28 heavy (non-hydrogen) atoms. The standard InChI is InChI=1S/C22H22N2O3S/c1-2-24(13-18-14-26-19-10-6-7-11-20(19)27-18)21(25)12-17-15-28-22(23-17)16-8-4-3-5-9-16/h3-11,15,18H,2,12-14H2,1H3. The molecule has 1 aromatic heterocycles. The minimum atomic E-state index is -0.172. The number of ether oxygens (including phenoxy) is 2. The fourth-order valence-corrected chi connectivity index (χ4v) is 4.00. The van der Waals surface area contributed by atoms with E-state index in [9.17, 15) is 4.79 Å². The second-order valence-electron chi connectivity index (χ2n) is 6.62. The van der Waals surface area contributed by atoms with E-state index in [4.69, 9.17) is 9.47 Å². The van der Waals surface area contributed by atoms with E-state index in [1.54, 1.807) is 11.3 Å². The second-order valence-corrected chi connectivity index (χ2v) is 7.47. The molecule has 0 saturated heterocycles. The van der Waals surface area contributed by atoms with Gasteiger partial charge in [-0.2, -0.15) is 0 Å². The van der Waals surface area contributed by atoms with Crippen molar-refractivity contribution in [2.24, 2.45) is 0 Å². The molecule has 3 aromatic rings. The maximum atomic E-state index is 12.8. The van der Waals surface area contributed by atoms with Crippen LogP contribution in [0.1, 0.15) is 12.6 Å². The van der Waals surface area contributed by atoms with Gasteiger partial charge in [-0.1, -0.05) is 42.5 Å². The SMILES string of the molecule is CCN(CC1COc2ccccc2O1)C(=O)Cc1csc(-c2ccccc2)n1. The van der Waals surface area contributed by atoms with E-state index in [2.05, 4.69) is 4.98 Å². The van der Waals surface area contributed by atoms with Gasteiger partial charge in [0, 0.05) is 17.5 Å². The molecule has 4 rings (SSSR count). The minimum Gasteiger partial charge on any atom is -0.486 e. The highest BCUT2D eigenvalue weighted by molar-refractivity contribution is 7.13. The highest BCUT2D eigenvalue weighted by Gasteiger charge is 2.25. The first-order valence-electron chi connectivity index (χ1n) is 9.39. The topological polar surface area (TPSA) is 51.7 Å². The predicted octanol–water partition coefficient (Wildman–Crippen LogP) is 4.04. The van der Waals surface area contributed by atoms with Gasteiger partial charge >= 0.3 is 0 Å². The first-order chi connectivity index (χ1) is 13.7. The fraction of sp³-hybridized carbons (Fsp3) is 0.273. The number of rotatable bonds is 6. The van der Waals surface area contributed by atoms with E-state index < -0.39 is 0 Å². The maximum absolute atomic E-state index is 12.8. The Kier molecular flexibility index (Phi) is 5.58. The number of amides is 1. The highest BCUT2D eigenvalue weighted by Crippen LogP contribution is 2.31. The zero-order valence-corrected chi connectivity index (χ0v) is 16.5. The normalized spacial score (nSPS) is 15.2. The lowest BCUT2D eigenvalue weighted by Crippen LogP contribution is -2.44. The molecule has 0 aliphatic carbocycles. The third-order valence-electron chi connectivity index (χ3n) is 4.63. The molecule has 1 aliphatic rings. The Morgan fingerprint density at radius 1 is 1.14 bits per heavy atom. The Bertz CT molecular complexity index is 942. The lowest BCUT2D eigenvalue weighted by molar-refractivity contribution is -0.131. The lowest BCUT2D eigenvalue weighted by atomic mass is 10.2. The van der Waals surface area contributed by atoms with E-state index in [0.717, 1.165) is 27.8 Å². The molecule has 6 heteroatoms. The van der Waals surface area contributed by atoms with Crippen molar-refractivity contribution in [1.82, 2.24) is 9.88 Å². The van der Waals surface area contributed by atoms with Gasteiger partial charge in [-0.15, -0.1) is 11.3 Å². The van der Waals surface area contributed by atoms with Crippen molar-refractivity contribution in [1.29, 1.82) is 0 Å². The number of likely N-dealkylation sites (N-methyl/N-ethyl adjacent to an activating group) is 1. The van der Waals surface area contributed by atoms with Crippen LogP contribution in [0.5, 0.6) is 11.5 Å². The van der Waals surface area contributed by atoms with Gasteiger partial charge in [-0.25, -0.2) is 4.98 Å². The van der Waals surface area contributed by atoms with Crippen LogP contribution in [0.25, 0.3) is 10.6 Å². The molecule has 1 atom stereocenters. The Labute approximate surface area is 168 Å². The van der Waals surface area contributed by atoms with E-state index in [-0.39, 0.29) is 12.0 Å². The van der Waals surface area contributed by atoms with Crippen molar-refractivity contribution in [3.63, 3.8) is 0 Å². The van der Waals surface area contributed by atoms with Gasteiger partial charge in [0.1, 0.15) is 11.6 Å². The summed E-state index contributed by atoms with van der Waals surface area (Å²) < 4.78 is 11.8. The third kappa shape index (κ3) is 4.17. The van der Waals surface area contributed by atoms with Gasteiger partial charge in [-0.3, -0.25) is 4.79 Å². The number of thiazole rings is 1. The predicted molar refractivity (Wildman–Crippen MR) is 110 cm³/mol. The van der Waals surface area contributed by atoms with Crippen molar-refractivity contribution in [2.45, 2.75) is 19.4 Å². The van der Waals surface area contributed by atoms with E-state index in [1.807, 2.05) is 71.8 Å². The van der Waals surface area contributed by atoms with Gasteiger partial charge in [-0.05, 0) is 19.1 Å². The molecule has 0 N–H and O–H groups in total. The molecule has 0 spiro atoms. The van der Waals surface area contributed by atoms with Crippen LogP contribution in [-0.4, -0.2) is 41.6 Å². The Morgan fingerprint density at radius 2 is 1.89 bits per heavy atom.